The van der Waals surface area contributed by atoms with Crippen LogP contribution in [0.1, 0.15) is 24.4 Å². The van der Waals surface area contributed by atoms with Gasteiger partial charge in [0.15, 0.2) is 0 Å². The number of ether oxygens (including phenoxy) is 1. The van der Waals surface area contributed by atoms with Crippen LogP contribution in [-0.4, -0.2) is 20.3 Å². The van der Waals surface area contributed by atoms with Crippen LogP contribution in [-0.2, 0) is 4.74 Å². The van der Waals surface area contributed by atoms with Crippen molar-refractivity contribution in [2.75, 3.05) is 14.2 Å². The van der Waals surface area contributed by atoms with Crippen molar-refractivity contribution in [2.45, 2.75) is 25.0 Å². The topological polar surface area (TPSA) is 21.3 Å². The summed E-state index contributed by atoms with van der Waals surface area (Å²) in [5.74, 6) is -0.611. The highest BCUT2D eigenvalue weighted by Gasteiger charge is 2.37. The van der Waals surface area contributed by atoms with E-state index < -0.39 is 11.6 Å². The lowest BCUT2D eigenvalue weighted by Crippen LogP contribution is -2.32. The lowest BCUT2D eigenvalue weighted by molar-refractivity contribution is 0.0529. The maximum Gasteiger partial charge on any atom is 0.126 e. The van der Waals surface area contributed by atoms with Crippen LogP contribution < -0.4 is 5.32 Å². The Hall–Kier alpha value is -1.00. The summed E-state index contributed by atoms with van der Waals surface area (Å²) in [4.78, 5) is 0. The smallest absolute Gasteiger partial charge is 0.126 e. The largest absolute Gasteiger partial charge is 0.379 e. The van der Waals surface area contributed by atoms with E-state index in [0.29, 0.717) is 11.5 Å². The minimum absolute atomic E-state index is 0.0267. The molecule has 17 heavy (non-hydrogen) atoms. The van der Waals surface area contributed by atoms with E-state index >= 15 is 0 Å². The second kappa shape index (κ2) is 5.10. The number of halogens is 2. The van der Waals surface area contributed by atoms with E-state index in [1.165, 1.54) is 12.1 Å². The fourth-order valence-electron chi connectivity index (χ4n) is 2.30. The Morgan fingerprint density at radius 2 is 1.82 bits per heavy atom. The van der Waals surface area contributed by atoms with E-state index in [0.717, 1.165) is 18.9 Å². The van der Waals surface area contributed by atoms with E-state index in [9.17, 15) is 8.78 Å². The van der Waals surface area contributed by atoms with Gasteiger partial charge in [0.2, 0.25) is 0 Å². The Morgan fingerprint density at radius 3 is 2.24 bits per heavy atom. The van der Waals surface area contributed by atoms with Gasteiger partial charge in [-0.15, -0.1) is 0 Å². The molecular formula is C13H17F2NO. The van der Waals surface area contributed by atoms with Crippen LogP contribution in [0.2, 0.25) is 0 Å². The molecule has 2 atom stereocenters. The lowest BCUT2D eigenvalue weighted by Gasteiger charge is -2.26. The zero-order valence-electron chi connectivity index (χ0n) is 10.0. The van der Waals surface area contributed by atoms with Crippen LogP contribution in [0.3, 0.4) is 0 Å². The molecule has 94 valence electrons. The van der Waals surface area contributed by atoms with Crippen molar-refractivity contribution in [3.8, 4) is 0 Å². The first kappa shape index (κ1) is 12.5. The highest BCUT2D eigenvalue weighted by Crippen LogP contribution is 2.39. The Bertz CT molecular complexity index is 373. The summed E-state index contributed by atoms with van der Waals surface area (Å²) in [6.45, 7) is 0. The standard InChI is InChI=1S/C13H17F2NO/c1-16-12(13(17-2)8-3-4-8)9-5-10(14)7-11(15)6-9/h5-8,12-13,16H,3-4H2,1-2H3. The summed E-state index contributed by atoms with van der Waals surface area (Å²) in [5, 5.41) is 3.09. The van der Waals surface area contributed by atoms with E-state index in [1.807, 2.05) is 0 Å². The first-order chi connectivity index (χ1) is 8.15. The third kappa shape index (κ3) is 2.82. The molecule has 0 heterocycles. The molecule has 1 fully saturated rings. The highest BCUT2D eigenvalue weighted by atomic mass is 19.1. The first-order valence-electron chi connectivity index (χ1n) is 5.81. The molecule has 0 radical (unpaired) electrons. The molecule has 0 amide bonds. The van der Waals surface area contributed by atoms with Crippen molar-refractivity contribution in [2.24, 2.45) is 5.92 Å². The van der Waals surface area contributed by atoms with Gasteiger partial charge >= 0.3 is 0 Å². The van der Waals surface area contributed by atoms with Gasteiger partial charge in [-0.3, -0.25) is 0 Å². The van der Waals surface area contributed by atoms with Crippen LogP contribution in [0.4, 0.5) is 8.78 Å². The predicted octanol–water partition coefficient (Wildman–Crippen LogP) is 2.65. The number of hydrogen-bond donors (Lipinski definition) is 1. The third-order valence-electron chi connectivity index (χ3n) is 3.24. The molecule has 2 nitrogen and oxygen atoms in total. The fourth-order valence-corrected chi connectivity index (χ4v) is 2.30. The average molecular weight is 241 g/mol. The molecule has 1 aliphatic rings. The Kier molecular flexibility index (Phi) is 3.74. The number of benzene rings is 1. The average Bonchev–Trinajstić information content (AvgIpc) is 3.08. The van der Waals surface area contributed by atoms with Crippen LogP contribution in [0.15, 0.2) is 18.2 Å². The van der Waals surface area contributed by atoms with Gasteiger partial charge in [-0.25, -0.2) is 8.78 Å². The van der Waals surface area contributed by atoms with E-state index in [2.05, 4.69) is 5.32 Å². The van der Waals surface area contributed by atoms with Gasteiger partial charge in [-0.05, 0) is 43.5 Å². The summed E-state index contributed by atoms with van der Waals surface area (Å²) < 4.78 is 31.9. The number of methoxy groups -OCH3 is 1. The quantitative estimate of drug-likeness (QED) is 0.855. The van der Waals surface area contributed by atoms with Gasteiger partial charge in [-0.1, -0.05) is 0 Å². The lowest BCUT2D eigenvalue weighted by atomic mass is 9.98. The third-order valence-corrected chi connectivity index (χ3v) is 3.24. The summed E-state index contributed by atoms with van der Waals surface area (Å²) in [6.07, 6.45) is 2.21. The summed E-state index contributed by atoms with van der Waals surface area (Å²) in [6, 6.07) is 3.43. The van der Waals surface area contributed by atoms with Crippen LogP contribution in [0, 0.1) is 17.6 Å². The summed E-state index contributed by atoms with van der Waals surface area (Å²) in [7, 11) is 3.42. The van der Waals surface area contributed by atoms with E-state index in [-0.39, 0.29) is 12.1 Å². The number of likely N-dealkylation sites (N-methyl/N-ethyl adjacent to an activating group) is 1. The molecule has 0 aliphatic heterocycles. The normalized spacial score (nSPS) is 19.1. The highest BCUT2D eigenvalue weighted by molar-refractivity contribution is 5.23. The zero-order chi connectivity index (χ0) is 12.4. The first-order valence-corrected chi connectivity index (χ1v) is 5.81. The second-order valence-corrected chi connectivity index (χ2v) is 4.51. The predicted molar refractivity (Wildman–Crippen MR) is 61.7 cm³/mol. The van der Waals surface area contributed by atoms with Crippen LogP contribution in [0.25, 0.3) is 0 Å². The summed E-state index contributed by atoms with van der Waals surface area (Å²) >= 11 is 0. The van der Waals surface area contributed by atoms with E-state index in [1.54, 1.807) is 14.2 Å². The maximum absolute atomic E-state index is 13.2. The summed E-state index contributed by atoms with van der Waals surface area (Å²) in [5.41, 5.74) is 0.601. The SMILES string of the molecule is CNC(c1cc(F)cc(F)c1)C(OC)C1CC1. The monoisotopic (exact) mass is 241 g/mol. The van der Waals surface area contributed by atoms with E-state index in [4.69, 9.17) is 4.74 Å². The van der Waals surface area contributed by atoms with Crippen molar-refractivity contribution in [1.29, 1.82) is 0 Å². The Labute approximate surface area is 100.0 Å². The van der Waals surface area contributed by atoms with Gasteiger partial charge in [-0.2, -0.15) is 0 Å². The van der Waals surface area contributed by atoms with Crippen LogP contribution >= 0.6 is 0 Å². The van der Waals surface area contributed by atoms with Gasteiger partial charge in [0.25, 0.3) is 0 Å². The molecule has 0 saturated heterocycles. The molecular weight excluding hydrogens is 224 g/mol. The Balaban J connectivity index is 2.26. The molecule has 1 aromatic carbocycles. The van der Waals surface area contributed by atoms with Crippen molar-refractivity contribution < 1.29 is 13.5 Å². The Morgan fingerprint density at radius 1 is 1.24 bits per heavy atom. The van der Waals surface area contributed by atoms with Gasteiger partial charge in [0.05, 0.1) is 12.1 Å². The molecule has 0 bridgehead atoms. The van der Waals surface area contributed by atoms with Crippen molar-refractivity contribution >= 4 is 0 Å². The van der Waals surface area contributed by atoms with Crippen molar-refractivity contribution in [3.63, 3.8) is 0 Å². The van der Waals surface area contributed by atoms with Crippen LogP contribution in [0.5, 0.6) is 0 Å². The van der Waals surface area contributed by atoms with Gasteiger partial charge in [0, 0.05) is 13.2 Å². The van der Waals surface area contributed by atoms with Crippen molar-refractivity contribution in [3.05, 3.63) is 35.4 Å². The molecule has 1 N–H and O–H groups in total. The zero-order valence-corrected chi connectivity index (χ0v) is 10.0. The molecule has 2 unspecified atom stereocenters. The molecule has 1 aliphatic carbocycles. The number of hydrogen-bond acceptors (Lipinski definition) is 2. The van der Waals surface area contributed by atoms with Gasteiger partial charge in [0.1, 0.15) is 11.6 Å². The molecule has 0 aromatic heterocycles. The molecule has 0 spiro atoms. The second-order valence-electron chi connectivity index (χ2n) is 4.51. The molecule has 1 saturated carbocycles. The fraction of sp³-hybridized carbons (Fsp3) is 0.538. The molecule has 2 rings (SSSR count). The maximum atomic E-state index is 13.2. The van der Waals surface area contributed by atoms with Gasteiger partial charge < -0.3 is 10.1 Å². The van der Waals surface area contributed by atoms with Crippen molar-refractivity contribution in [1.82, 2.24) is 5.32 Å². The molecule has 1 aromatic rings. The molecule has 4 heteroatoms. The number of rotatable bonds is 5. The minimum atomic E-state index is -0.550. The number of nitrogens with one attached hydrogen (secondary N) is 1. The minimum Gasteiger partial charge on any atom is -0.379 e.